The van der Waals surface area contributed by atoms with Crippen LogP contribution in [0.5, 0.6) is 0 Å². The number of hydrogen-bond donors (Lipinski definition) is 4. The van der Waals surface area contributed by atoms with Crippen LogP contribution in [0.3, 0.4) is 0 Å². The zero-order valence-electron chi connectivity index (χ0n) is 15.5. The first-order chi connectivity index (χ1) is 13.5. The van der Waals surface area contributed by atoms with Crippen molar-refractivity contribution in [2.75, 3.05) is 13.1 Å². The average Bonchev–Trinajstić information content (AvgIpc) is 3.32. The number of carbonyl (C=O) groups excluding carboxylic acids is 2. The number of urea groups is 1. The number of furan rings is 1. The Hall–Kier alpha value is -2.78. The number of amides is 3. The molecule has 0 radical (unpaired) electrons. The molecule has 3 rings (SSSR count). The van der Waals surface area contributed by atoms with E-state index in [1.807, 2.05) is 24.3 Å². The van der Waals surface area contributed by atoms with E-state index >= 15 is 0 Å². The molecule has 1 fully saturated rings. The Morgan fingerprint density at radius 2 is 2.18 bits per heavy atom. The Morgan fingerprint density at radius 3 is 2.93 bits per heavy atom. The fourth-order valence-corrected chi connectivity index (χ4v) is 3.54. The lowest BCUT2D eigenvalue weighted by molar-refractivity contribution is -0.126. The van der Waals surface area contributed by atoms with Crippen molar-refractivity contribution in [3.63, 3.8) is 0 Å². The predicted molar refractivity (Wildman–Crippen MR) is 105 cm³/mol. The van der Waals surface area contributed by atoms with Crippen molar-refractivity contribution >= 4 is 30.0 Å². The quantitative estimate of drug-likeness (QED) is 0.416. The molecule has 0 bridgehead atoms. The Bertz CT molecular complexity index is 853. The van der Waals surface area contributed by atoms with Crippen molar-refractivity contribution in [1.82, 2.24) is 15.5 Å². The van der Waals surface area contributed by atoms with Gasteiger partial charge in [0.15, 0.2) is 0 Å². The minimum Gasteiger partial charge on any atom is -0.464 e. The van der Waals surface area contributed by atoms with Gasteiger partial charge in [0.2, 0.25) is 5.91 Å². The summed E-state index contributed by atoms with van der Waals surface area (Å²) in [6.07, 6.45) is 4.70. The van der Waals surface area contributed by atoms with E-state index in [-0.39, 0.29) is 24.9 Å². The van der Waals surface area contributed by atoms with Crippen molar-refractivity contribution < 1.29 is 24.1 Å². The molecule has 9 heteroatoms. The smallest absolute Gasteiger partial charge is 0.464 e. The Morgan fingerprint density at radius 1 is 1.39 bits per heavy atom. The van der Waals surface area contributed by atoms with E-state index in [0.29, 0.717) is 12.1 Å². The Kier molecular flexibility index (Phi) is 6.38. The van der Waals surface area contributed by atoms with Crippen molar-refractivity contribution in [2.45, 2.75) is 31.2 Å². The van der Waals surface area contributed by atoms with Crippen LogP contribution >= 0.6 is 0 Å². The number of likely N-dealkylation sites (tertiary alicyclic amines) is 1. The number of fused-ring (bicyclic) bond motifs is 1. The summed E-state index contributed by atoms with van der Waals surface area (Å²) in [5.74, 6) is -1.06. The third-order valence-corrected chi connectivity index (χ3v) is 5.01. The zero-order valence-corrected chi connectivity index (χ0v) is 15.5. The van der Waals surface area contributed by atoms with Crippen LogP contribution in [-0.2, 0) is 11.2 Å². The van der Waals surface area contributed by atoms with Gasteiger partial charge in [0, 0.05) is 24.5 Å². The molecule has 1 aliphatic heterocycles. The molecule has 0 saturated carbocycles. The highest BCUT2D eigenvalue weighted by molar-refractivity contribution is 6.43. The molecule has 0 unspecified atom stereocenters. The maximum Gasteiger partial charge on any atom is 0.475 e. The second kappa shape index (κ2) is 8.94. The van der Waals surface area contributed by atoms with Gasteiger partial charge in [0.05, 0.1) is 12.2 Å². The molecule has 8 nitrogen and oxygen atoms in total. The summed E-state index contributed by atoms with van der Waals surface area (Å²) in [6, 6.07) is 6.80. The molecule has 3 amide bonds. The summed E-state index contributed by atoms with van der Waals surface area (Å²) in [7, 11) is -1.73. The van der Waals surface area contributed by atoms with Crippen molar-refractivity contribution in [3.05, 3.63) is 48.7 Å². The normalized spacial score (nSPS) is 17.4. The zero-order chi connectivity index (χ0) is 20.1. The highest BCUT2D eigenvalue weighted by Crippen LogP contribution is 2.22. The highest BCUT2D eigenvalue weighted by atomic mass is 16.4. The maximum atomic E-state index is 12.3. The number of rotatable bonds is 7. The average molecular weight is 385 g/mol. The standard InChI is InChI=1S/C19H24BN3O5/c1-2-18(24)23-9-5-6-14(23)11-21-19(25)22-17(20(26)27)10-13-12-28-16-8-4-3-7-15(13)16/h2-4,7-8,12,14,17,26-27H,1,5-6,9-11H2,(H2,21,22,25)/t14-,17+/m1/s1. The van der Waals surface area contributed by atoms with E-state index in [1.54, 1.807) is 11.2 Å². The molecular formula is C19H24BN3O5. The van der Waals surface area contributed by atoms with Crippen LogP contribution in [0.4, 0.5) is 4.79 Å². The van der Waals surface area contributed by atoms with Crippen LogP contribution < -0.4 is 10.6 Å². The van der Waals surface area contributed by atoms with E-state index in [2.05, 4.69) is 17.2 Å². The number of benzene rings is 1. The van der Waals surface area contributed by atoms with E-state index < -0.39 is 19.1 Å². The molecule has 1 aromatic heterocycles. The van der Waals surface area contributed by atoms with Gasteiger partial charge in [0.1, 0.15) is 5.58 Å². The fourth-order valence-electron chi connectivity index (χ4n) is 3.54. The number of nitrogens with zero attached hydrogens (tertiary/aromatic N) is 1. The lowest BCUT2D eigenvalue weighted by Crippen LogP contribution is -2.53. The molecule has 0 aliphatic carbocycles. The number of carbonyl (C=O) groups is 2. The molecule has 1 aliphatic rings. The molecule has 1 saturated heterocycles. The van der Waals surface area contributed by atoms with Gasteiger partial charge in [-0.05, 0) is 37.0 Å². The molecular weight excluding hydrogens is 361 g/mol. The van der Waals surface area contributed by atoms with E-state index in [1.165, 1.54) is 6.08 Å². The molecule has 2 heterocycles. The minimum atomic E-state index is -1.73. The van der Waals surface area contributed by atoms with E-state index in [4.69, 9.17) is 4.42 Å². The summed E-state index contributed by atoms with van der Waals surface area (Å²) in [4.78, 5) is 25.8. The largest absolute Gasteiger partial charge is 0.475 e. The molecule has 28 heavy (non-hydrogen) atoms. The summed E-state index contributed by atoms with van der Waals surface area (Å²) in [5, 5.41) is 25.5. The predicted octanol–water partition coefficient (Wildman–Crippen LogP) is 0.832. The second-order valence-corrected chi connectivity index (χ2v) is 6.87. The molecule has 2 aromatic rings. The number of nitrogens with one attached hydrogen (secondary N) is 2. The van der Waals surface area contributed by atoms with Crippen LogP contribution in [0.2, 0.25) is 0 Å². The van der Waals surface area contributed by atoms with Gasteiger partial charge in [-0.15, -0.1) is 0 Å². The highest BCUT2D eigenvalue weighted by Gasteiger charge is 2.29. The van der Waals surface area contributed by atoms with E-state index in [9.17, 15) is 19.6 Å². The first-order valence-electron chi connectivity index (χ1n) is 9.28. The van der Waals surface area contributed by atoms with Crippen molar-refractivity contribution in [1.29, 1.82) is 0 Å². The van der Waals surface area contributed by atoms with E-state index in [0.717, 1.165) is 23.8 Å². The minimum absolute atomic E-state index is 0.0911. The topological polar surface area (TPSA) is 115 Å². The second-order valence-electron chi connectivity index (χ2n) is 6.87. The number of hydrogen-bond acceptors (Lipinski definition) is 5. The third kappa shape index (κ3) is 4.55. The van der Waals surface area contributed by atoms with Crippen LogP contribution in [-0.4, -0.2) is 59.1 Å². The summed E-state index contributed by atoms with van der Waals surface area (Å²) < 4.78 is 5.46. The summed E-state index contributed by atoms with van der Waals surface area (Å²) in [5.41, 5.74) is 1.47. The molecule has 0 spiro atoms. The Balaban J connectivity index is 1.57. The van der Waals surface area contributed by atoms with Crippen molar-refractivity contribution in [2.24, 2.45) is 0 Å². The third-order valence-electron chi connectivity index (χ3n) is 5.01. The van der Waals surface area contributed by atoms with Gasteiger partial charge in [-0.3, -0.25) is 4.79 Å². The number of para-hydroxylation sites is 1. The monoisotopic (exact) mass is 385 g/mol. The van der Waals surface area contributed by atoms with Gasteiger partial charge in [-0.2, -0.15) is 0 Å². The SMILES string of the molecule is C=CC(=O)N1CCC[C@@H]1CNC(=O)N[C@@H](Cc1coc2ccccc12)B(O)O. The summed E-state index contributed by atoms with van der Waals surface area (Å²) in [6.45, 7) is 4.43. The van der Waals surface area contributed by atoms with Gasteiger partial charge >= 0.3 is 13.1 Å². The first kappa shape index (κ1) is 20.0. The van der Waals surface area contributed by atoms with Crippen LogP contribution in [0, 0.1) is 0 Å². The molecule has 2 atom stereocenters. The molecule has 148 valence electrons. The first-order valence-corrected chi connectivity index (χ1v) is 9.28. The van der Waals surface area contributed by atoms with Gasteiger partial charge in [-0.1, -0.05) is 24.8 Å². The van der Waals surface area contributed by atoms with Crippen LogP contribution in [0.25, 0.3) is 11.0 Å². The van der Waals surface area contributed by atoms with Gasteiger partial charge in [0.25, 0.3) is 0 Å². The Labute approximate surface area is 163 Å². The summed E-state index contributed by atoms with van der Waals surface area (Å²) >= 11 is 0. The molecule has 1 aromatic carbocycles. The lowest BCUT2D eigenvalue weighted by atomic mass is 9.76. The van der Waals surface area contributed by atoms with Gasteiger partial charge in [-0.25, -0.2) is 4.79 Å². The molecule has 4 N–H and O–H groups in total. The van der Waals surface area contributed by atoms with Crippen molar-refractivity contribution in [3.8, 4) is 0 Å². The fraction of sp³-hybridized carbons (Fsp3) is 0.368. The van der Waals surface area contributed by atoms with Crippen LogP contribution in [0.1, 0.15) is 18.4 Å². The lowest BCUT2D eigenvalue weighted by Gasteiger charge is -2.24. The van der Waals surface area contributed by atoms with Crippen LogP contribution in [0.15, 0.2) is 47.6 Å². The maximum absolute atomic E-state index is 12.3. The van der Waals surface area contributed by atoms with Gasteiger partial charge < -0.3 is 30.0 Å².